The summed E-state index contributed by atoms with van der Waals surface area (Å²) in [4.78, 5) is 0. The minimum atomic E-state index is 0.0365. The van der Waals surface area contributed by atoms with Gasteiger partial charge in [0.15, 0.2) is 0 Å². The summed E-state index contributed by atoms with van der Waals surface area (Å²) in [5.41, 5.74) is 3.01. The molecular formula is C16H21F. The fraction of sp³-hybridized carbons (Fsp3) is 0.500. The van der Waals surface area contributed by atoms with Crippen molar-refractivity contribution >= 4 is 0 Å². The normalized spacial score (nSPS) is 19.6. The Labute approximate surface area is 104 Å². The van der Waals surface area contributed by atoms with Crippen LogP contribution < -0.4 is 0 Å². The largest absolute Gasteiger partial charge is 0.206 e. The third-order valence-electron chi connectivity index (χ3n) is 3.82. The maximum atomic E-state index is 13.9. The zero-order valence-corrected chi connectivity index (χ0v) is 10.8. The second-order valence-corrected chi connectivity index (χ2v) is 5.09. The summed E-state index contributed by atoms with van der Waals surface area (Å²) in [6.07, 6.45) is 9.85. The van der Waals surface area contributed by atoms with Gasteiger partial charge in [0.25, 0.3) is 0 Å². The van der Waals surface area contributed by atoms with Crippen LogP contribution in [0.15, 0.2) is 24.3 Å². The lowest BCUT2D eigenvalue weighted by atomic mass is 9.81. The summed E-state index contributed by atoms with van der Waals surface area (Å²) >= 11 is 0. The molecule has 0 aliphatic heterocycles. The molecule has 1 heteroatoms. The van der Waals surface area contributed by atoms with Crippen LogP contribution in [0.2, 0.25) is 0 Å². The third kappa shape index (κ3) is 2.77. The maximum Gasteiger partial charge on any atom is 0.129 e. The molecule has 0 saturated carbocycles. The fourth-order valence-corrected chi connectivity index (χ4v) is 2.75. The summed E-state index contributed by atoms with van der Waals surface area (Å²) in [5, 5.41) is 0. The van der Waals surface area contributed by atoms with E-state index in [2.05, 4.69) is 25.1 Å². The van der Waals surface area contributed by atoms with Crippen LogP contribution in [-0.4, -0.2) is 0 Å². The van der Waals surface area contributed by atoms with E-state index in [0.29, 0.717) is 0 Å². The van der Waals surface area contributed by atoms with Crippen molar-refractivity contribution < 1.29 is 4.39 Å². The number of benzene rings is 1. The summed E-state index contributed by atoms with van der Waals surface area (Å²) in [5.74, 6) is 0.773. The highest BCUT2D eigenvalue weighted by molar-refractivity contribution is 5.35. The molecule has 1 aromatic carbocycles. The van der Waals surface area contributed by atoms with Gasteiger partial charge < -0.3 is 0 Å². The zero-order valence-electron chi connectivity index (χ0n) is 10.8. The average Bonchev–Trinajstić information content (AvgIpc) is 2.34. The van der Waals surface area contributed by atoms with Crippen LogP contribution in [0.25, 0.3) is 0 Å². The first-order valence-electron chi connectivity index (χ1n) is 6.60. The molecule has 1 atom stereocenters. The predicted molar refractivity (Wildman–Crippen MR) is 70.7 cm³/mol. The Kier molecular flexibility index (Phi) is 3.98. The second-order valence-electron chi connectivity index (χ2n) is 5.09. The molecule has 0 aromatic heterocycles. The number of rotatable bonds is 3. The maximum absolute atomic E-state index is 13.9. The number of hydrogen-bond acceptors (Lipinski definition) is 0. The summed E-state index contributed by atoms with van der Waals surface area (Å²) in [7, 11) is 0. The molecule has 0 N–H and O–H groups in total. The highest BCUT2D eigenvalue weighted by Crippen LogP contribution is 2.31. The van der Waals surface area contributed by atoms with Crippen LogP contribution in [0.4, 0.5) is 4.39 Å². The molecule has 0 amide bonds. The van der Waals surface area contributed by atoms with E-state index < -0.39 is 0 Å². The van der Waals surface area contributed by atoms with Gasteiger partial charge in [-0.25, -0.2) is 4.39 Å². The molecule has 1 unspecified atom stereocenters. The van der Waals surface area contributed by atoms with Crippen LogP contribution in [0, 0.1) is 18.7 Å². The van der Waals surface area contributed by atoms with Crippen molar-refractivity contribution in [1.29, 1.82) is 0 Å². The number of aryl methyl sites for hydroxylation is 1. The van der Waals surface area contributed by atoms with Gasteiger partial charge in [0.1, 0.15) is 5.82 Å². The molecule has 17 heavy (non-hydrogen) atoms. The first kappa shape index (κ1) is 12.3. The van der Waals surface area contributed by atoms with Gasteiger partial charge in [-0.15, -0.1) is 0 Å². The molecule has 1 aliphatic rings. The van der Waals surface area contributed by atoms with Gasteiger partial charge in [-0.1, -0.05) is 24.3 Å². The molecule has 92 valence electrons. The van der Waals surface area contributed by atoms with Crippen LogP contribution in [0.1, 0.15) is 42.9 Å². The lowest BCUT2D eigenvalue weighted by Gasteiger charge is -2.25. The van der Waals surface area contributed by atoms with Crippen molar-refractivity contribution in [3.05, 3.63) is 46.8 Å². The molecule has 2 rings (SSSR count). The highest BCUT2D eigenvalue weighted by atomic mass is 19.1. The molecule has 1 aromatic rings. The molecule has 0 nitrogen and oxygen atoms in total. The van der Waals surface area contributed by atoms with Gasteiger partial charge in [0.05, 0.1) is 0 Å². The Morgan fingerprint density at radius 1 is 1.41 bits per heavy atom. The molecule has 0 fully saturated rings. The molecule has 1 aliphatic carbocycles. The summed E-state index contributed by atoms with van der Waals surface area (Å²) in [6, 6.07) is 4.04. The van der Waals surface area contributed by atoms with E-state index in [1.54, 1.807) is 0 Å². The first-order valence-corrected chi connectivity index (χ1v) is 6.60. The molecule has 0 heterocycles. The van der Waals surface area contributed by atoms with E-state index in [4.69, 9.17) is 0 Å². The lowest BCUT2D eigenvalue weighted by molar-refractivity contribution is 0.420. The van der Waals surface area contributed by atoms with Crippen LogP contribution in [0.5, 0.6) is 0 Å². The van der Waals surface area contributed by atoms with Gasteiger partial charge >= 0.3 is 0 Å². The van der Waals surface area contributed by atoms with Crippen molar-refractivity contribution in [2.75, 3.05) is 0 Å². The average molecular weight is 232 g/mol. The van der Waals surface area contributed by atoms with Gasteiger partial charge in [-0.05, 0) is 68.6 Å². The molecule has 0 spiro atoms. The smallest absolute Gasteiger partial charge is 0.129 e. The van der Waals surface area contributed by atoms with E-state index in [0.717, 1.165) is 42.7 Å². The summed E-state index contributed by atoms with van der Waals surface area (Å²) < 4.78 is 13.9. The first-order chi connectivity index (χ1) is 8.22. The van der Waals surface area contributed by atoms with Crippen LogP contribution in [-0.2, 0) is 12.8 Å². The van der Waals surface area contributed by atoms with Crippen LogP contribution >= 0.6 is 0 Å². The van der Waals surface area contributed by atoms with E-state index in [-0.39, 0.29) is 5.82 Å². The standard InChI is InChI=1S/C16H21F/c1-3-4-5-6-13-8-10-15-14(11-13)9-7-12(2)16(15)17/h3-4,7,9,13H,5-6,8,10-11H2,1-2H3. The van der Waals surface area contributed by atoms with Gasteiger partial charge in [0.2, 0.25) is 0 Å². The zero-order chi connectivity index (χ0) is 12.3. The molecule has 0 radical (unpaired) electrons. The van der Waals surface area contributed by atoms with E-state index in [1.165, 1.54) is 12.0 Å². The predicted octanol–water partition coefficient (Wildman–Crippen LogP) is 4.60. The van der Waals surface area contributed by atoms with E-state index in [1.807, 2.05) is 13.0 Å². The van der Waals surface area contributed by atoms with Gasteiger partial charge in [-0.3, -0.25) is 0 Å². The third-order valence-corrected chi connectivity index (χ3v) is 3.82. The Morgan fingerprint density at radius 3 is 3.00 bits per heavy atom. The lowest BCUT2D eigenvalue weighted by Crippen LogP contribution is -2.16. The highest BCUT2D eigenvalue weighted by Gasteiger charge is 2.21. The van der Waals surface area contributed by atoms with Gasteiger partial charge in [0, 0.05) is 0 Å². The SMILES string of the molecule is CC=CCCC1CCc2c(ccc(C)c2F)C1. The van der Waals surface area contributed by atoms with Gasteiger partial charge in [-0.2, -0.15) is 0 Å². The molecular weight excluding hydrogens is 211 g/mol. The van der Waals surface area contributed by atoms with Crippen molar-refractivity contribution in [3.63, 3.8) is 0 Å². The number of fused-ring (bicyclic) bond motifs is 1. The fourth-order valence-electron chi connectivity index (χ4n) is 2.75. The van der Waals surface area contributed by atoms with E-state index in [9.17, 15) is 4.39 Å². The monoisotopic (exact) mass is 232 g/mol. The van der Waals surface area contributed by atoms with Crippen molar-refractivity contribution in [2.24, 2.45) is 5.92 Å². The number of hydrogen-bond donors (Lipinski definition) is 0. The quantitative estimate of drug-likeness (QED) is 0.668. The Morgan fingerprint density at radius 2 is 2.24 bits per heavy atom. The number of allylic oxidation sites excluding steroid dienone is 2. The minimum absolute atomic E-state index is 0.0365. The minimum Gasteiger partial charge on any atom is -0.206 e. The Bertz CT molecular complexity index is 418. The van der Waals surface area contributed by atoms with Crippen molar-refractivity contribution in [1.82, 2.24) is 0 Å². The number of halogens is 1. The van der Waals surface area contributed by atoms with Crippen LogP contribution in [0.3, 0.4) is 0 Å². The summed E-state index contributed by atoms with van der Waals surface area (Å²) in [6.45, 7) is 3.92. The Balaban J connectivity index is 2.07. The van der Waals surface area contributed by atoms with Crippen molar-refractivity contribution in [2.45, 2.75) is 46.0 Å². The Hall–Kier alpha value is -1.11. The second kappa shape index (κ2) is 5.48. The molecule has 0 saturated heterocycles. The molecule has 0 bridgehead atoms. The topological polar surface area (TPSA) is 0 Å². The van der Waals surface area contributed by atoms with Crippen molar-refractivity contribution in [3.8, 4) is 0 Å². The van der Waals surface area contributed by atoms with E-state index >= 15 is 0 Å².